The molecule has 0 aromatic heterocycles. The minimum absolute atomic E-state index is 0.0160. The van der Waals surface area contributed by atoms with Crippen LogP contribution in [0.25, 0.3) is 0 Å². The lowest BCUT2D eigenvalue weighted by Gasteiger charge is -2.11. The number of hydrogen-bond acceptors (Lipinski definition) is 3. The molecule has 2 aliphatic rings. The highest BCUT2D eigenvalue weighted by molar-refractivity contribution is 5.73. The van der Waals surface area contributed by atoms with Crippen molar-refractivity contribution in [1.29, 1.82) is 0 Å². The lowest BCUT2D eigenvalue weighted by molar-refractivity contribution is -0.148. The fourth-order valence-electron chi connectivity index (χ4n) is 2.04. The average Bonchev–Trinajstić information content (AvgIpc) is 2.61. The third-order valence-corrected chi connectivity index (χ3v) is 2.86. The maximum Gasteiger partial charge on any atom is 0.309 e. The molecule has 2 rings (SSSR count). The molecule has 1 saturated carbocycles. The lowest BCUT2D eigenvalue weighted by Crippen LogP contribution is -2.18. The minimum atomic E-state index is -0.100. The SMILES string of the molecule is C=CCOC(=O)C1CC2OC2(C)C1. The zero-order valence-electron chi connectivity index (χ0n) is 7.79. The van der Waals surface area contributed by atoms with Crippen molar-refractivity contribution in [1.82, 2.24) is 0 Å². The Kier molecular flexibility index (Phi) is 1.91. The minimum Gasteiger partial charge on any atom is -0.461 e. The van der Waals surface area contributed by atoms with Crippen LogP contribution in [0.5, 0.6) is 0 Å². The van der Waals surface area contributed by atoms with Crippen LogP contribution in [0, 0.1) is 5.92 Å². The van der Waals surface area contributed by atoms with E-state index in [1.165, 1.54) is 0 Å². The predicted octanol–water partition coefficient (Wildman–Crippen LogP) is 1.28. The average molecular weight is 182 g/mol. The summed E-state index contributed by atoms with van der Waals surface area (Å²) < 4.78 is 10.4. The van der Waals surface area contributed by atoms with Gasteiger partial charge in [-0.05, 0) is 19.8 Å². The van der Waals surface area contributed by atoms with Crippen LogP contribution in [0.1, 0.15) is 19.8 Å². The summed E-state index contributed by atoms with van der Waals surface area (Å²) in [7, 11) is 0. The van der Waals surface area contributed by atoms with Gasteiger partial charge in [-0.3, -0.25) is 4.79 Å². The highest BCUT2D eigenvalue weighted by atomic mass is 16.6. The van der Waals surface area contributed by atoms with Gasteiger partial charge >= 0.3 is 5.97 Å². The zero-order valence-corrected chi connectivity index (χ0v) is 7.79. The standard InChI is InChI=1S/C10H14O3/c1-3-4-12-9(11)7-5-8-10(2,6-7)13-8/h3,7-8H,1,4-6H2,2H3. The second-order valence-corrected chi connectivity index (χ2v) is 3.97. The summed E-state index contributed by atoms with van der Waals surface area (Å²) in [5, 5.41) is 0. The molecular weight excluding hydrogens is 168 g/mol. The van der Waals surface area contributed by atoms with Crippen molar-refractivity contribution in [2.75, 3.05) is 6.61 Å². The highest BCUT2D eigenvalue weighted by Gasteiger charge is 2.60. The summed E-state index contributed by atoms with van der Waals surface area (Å²) in [4.78, 5) is 11.4. The van der Waals surface area contributed by atoms with Gasteiger partial charge in [-0.1, -0.05) is 12.7 Å². The van der Waals surface area contributed by atoms with E-state index in [-0.39, 0.29) is 17.5 Å². The summed E-state index contributed by atoms with van der Waals surface area (Å²) >= 11 is 0. The van der Waals surface area contributed by atoms with Crippen LogP contribution in [0.15, 0.2) is 12.7 Å². The second-order valence-electron chi connectivity index (χ2n) is 3.97. The predicted molar refractivity (Wildman–Crippen MR) is 47.2 cm³/mol. The van der Waals surface area contributed by atoms with Gasteiger partial charge in [0, 0.05) is 0 Å². The number of esters is 1. The molecule has 3 unspecified atom stereocenters. The number of fused-ring (bicyclic) bond motifs is 1. The zero-order chi connectivity index (χ0) is 9.47. The van der Waals surface area contributed by atoms with Crippen molar-refractivity contribution in [2.45, 2.75) is 31.5 Å². The van der Waals surface area contributed by atoms with Crippen molar-refractivity contribution >= 4 is 5.97 Å². The largest absolute Gasteiger partial charge is 0.461 e. The van der Waals surface area contributed by atoms with Crippen LogP contribution in [0.3, 0.4) is 0 Å². The molecule has 0 amide bonds. The molecule has 1 aliphatic carbocycles. The van der Waals surface area contributed by atoms with Crippen molar-refractivity contribution in [3.05, 3.63) is 12.7 Å². The van der Waals surface area contributed by atoms with Gasteiger partial charge in [0.1, 0.15) is 6.61 Å². The molecule has 3 atom stereocenters. The van der Waals surface area contributed by atoms with Crippen molar-refractivity contribution in [3.8, 4) is 0 Å². The molecule has 1 aliphatic heterocycles. The number of carbonyl (C=O) groups is 1. The quantitative estimate of drug-likeness (QED) is 0.375. The molecule has 0 N–H and O–H groups in total. The van der Waals surface area contributed by atoms with E-state index in [1.54, 1.807) is 6.08 Å². The Bertz CT molecular complexity index is 249. The van der Waals surface area contributed by atoms with Crippen LogP contribution in [-0.2, 0) is 14.3 Å². The highest BCUT2D eigenvalue weighted by Crippen LogP contribution is 2.52. The van der Waals surface area contributed by atoms with Gasteiger partial charge in [0.25, 0.3) is 0 Å². The number of rotatable bonds is 3. The molecule has 1 saturated heterocycles. The van der Waals surface area contributed by atoms with E-state index in [4.69, 9.17) is 9.47 Å². The van der Waals surface area contributed by atoms with Crippen molar-refractivity contribution in [3.63, 3.8) is 0 Å². The van der Waals surface area contributed by atoms with Gasteiger partial charge in [-0.15, -0.1) is 0 Å². The number of hydrogen-bond donors (Lipinski definition) is 0. The molecule has 0 aromatic carbocycles. The third-order valence-electron chi connectivity index (χ3n) is 2.86. The smallest absolute Gasteiger partial charge is 0.309 e. The lowest BCUT2D eigenvalue weighted by atomic mass is 10.1. The molecule has 0 bridgehead atoms. The van der Waals surface area contributed by atoms with Crippen molar-refractivity contribution in [2.24, 2.45) is 5.92 Å². The van der Waals surface area contributed by atoms with E-state index < -0.39 is 0 Å². The topological polar surface area (TPSA) is 38.8 Å². The molecule has 3 heteroatoms. The number of carbonyl (C=O) groups excluding carboxylic acids is 1. The summed E-state index contributed by atoms with van der Waals surface area (Å²) in [5.74, 6) is -0.0550. The first-order chi connectivity index (χ1) is 6.15. The van der Waals surface area contributed by atoms with Gasteiger partial charge < -0.3 is 9.47 Å². The van der Waals surface area contributed by atoms with E-state index in [0.717, 1.165) is 12.8 Å². The third kappa shape index (κ3) is 1.48. The number of ether oxygens (including phenoxy) is 2. The van der Waals surface area contributed by atoms with E-state index in [9.17, 15) is 4.79 Å². The molecule has 0 spiro atoms. The van der Waals surface area contributed by atoms with Gasteiger partial charge in [0.2, 0.25) is 0 Å². The maximum atomic E-state index is 11.4. The first-order valence-corrected chi connectivity index (χ1v) is 4.61. The Labute approximate surface area is 77.7 Å². The van der Waals surface area contributed by atoms with Crippen LogP contribution in [0.2, 0.25) is 0 Å². The fraction of sp³-hybridized carbons (Fsp3) is 0.700. The Balaban J connectivity index is 1.83. The Morgan fingerprint density at radius 2 is 2.62 bits per heavy atom. The Morgan fingerprint density at radius 3 is 3.15 bits per heavy atom. The summed E-state index contributed by atoms with van der Waals surface area (Å²) in [6.45, 7) is 5.87. The van der Waals surface area contributed by atoms with E-state index in [1.807, 2.05) is 0 Å². The van der Waals surface area contributed by atoms with E-state index >= 15 is 0 Å². The summed E-state index contributed by atoms with van der Waals surface area (Å²) in [6, 6.07) is 0. The van der Waals surface area contributed by atoms with Gasteiger partial charge in [-0.2, -0.15) is 0 Å². The maximum absolute atomic E-state index is 11.4. The molecule has 0 aromatic rings. The van der Waals surface area contributed by atoms with Crippen LogP contribution in [0.4, 0.5) is 0 Å². The van der Waals surface area contributed by atoms with Crippen molar-refractivity contribution < 1.29 is 14.3 Å². The van der Waals surface area contributed by atoms with Gasteiger partial charge in [-0.25, -0.2) is 0 Å². The normalized spacial score (nSPS) is 41.0. The van der Waals surface area contributed by atoms with Crippen LogP contribution in [-0.4, -0.2) is 24.3 Å². The van der Waals surface area contributed by atoms with Gasteiger partial charge in [0.05, 0.1) is 17.6 Å². The first kappa shape index (κ1) is 8.75. The van der Waals surface area contributed by atoms with Crippen LogP contribution >= 0.6 is 0 Å². The van der Waals surface area contributed by atoms with E-state index in [2.05, 4.69) is 13.5 Å². The molecular formula is C10H14O3. The Morgan fingerprint density at radius 1 is 1.85 bits per heavy atom. The molecule has 2 fully saturated rings. The molecule has 13 heavy (non-hydrogen) atoms. The van der Waals surface area contributed by atoms with Gasteiger partial charge in [0.15, 0.2) is 0 Å². The van der Waals surface area contributed by atoms with Crippen LogP contribution < -0.4 is 0 Å². The Hall–Kier alpha value is -0.830. The molecule has 1 heterocycles. The molecule has 72 valence electrons. The van der Waals surface area contributed by atoms with E-state index in [0.29, 0.717) is 12.7 Å². The number of epoxide rings is 1. The molecule has 0 radical (unpaired) electrons. The monoisotopic (exact) mass is 182 g/mol. The fourth-order valence-corrected chi connectivity index (χ4v) is 2.04. The second kappa shape index (κ2) is 2.84. The summed E-state index contributed by atoms with van der Waals surface area (Å²) in [5.41, 5.74) is -0.0160. The molecule has 3 nitrogen and oxygen atoms in total. The summed E-state index contributed by atoms with van der Waals surface area (Å²) in [6.07, 6.45) is 3.53. The first-order valence-electron chi connectivity index (χ1n) is 4.61.